The maximum absolute atomic E-state index is 13.1. The van der Waals surface area contributed by atoms with Crippen LogP contribution in [-0.4, -0.2) is 11.6 Å². The minimum absolute atomic E-state index is 0.0167. The topological polar surface area (TPSA) is 46.2 Å². The fourth-order valence-electron chi connectivity index (χ4n) is 4.16. The van der Waals surface area contributed by atoms with Crippen LogP contribution < -0.4 is 5.32 Å². The van der Waals surface area contributed by atoms with Crippen molar-refractivity contribution in [2.75, 3.05) is 0 Å². The zero-order chi connectivity index (χ0) is 22.6. The van der Waals surface area contributed by atoms with Crippen molar-refractivity contribution in [3.05, 3.63) is 107 Å². The highest BCUT2D eigenvalue weighted by atomic mass is 16.1. The van der Waals surface area contributed by atoms with E-state index in [2.05, 4.69) is 26.1 Å². The Labute approximate surface area is 185 Å². The van der Waals surface area contributed by atoms with Crippen molar-refractivity contribution in [3.8, 4) is 0 Å². The molecule has 0 aliphatic heterocycles. The van der Waals surface area contributed by atoms with Crippen molar-refractivity contribution < 1.29 is 9.59 Å². The predicted octanol–water partition coefficient (Wildman–Crippen LogP) is 5.81. The third kappa shape index (κ3) is 4.67. The molecule has 1 N–H and O–H groups in total. The summed E-state index contributed by atoms with van der Waals surface area (Å²) in [4.78, 5) is 25.5. The molecule has 0 spiro atoms. The predicted molar refractivity (Wildman–Crippen MR) is 126 cm³/mol. The lowest BCUT2D eigenvalue weighted by Crippen LogP contribution is -2.48. The number of ketones is 2. The lowest BCUT2D eigenvalue weighted by molar-refractivity contribution is -0.122. The van der Waals surface area contributed by atoms with E-state index in [1.54, 1.807) is 13.8 Å². The summed E-state index contributed by atoms with van der Waals surface area (Å²) in [6.07, 6.45) is 0. The molecule has 0 aliphatic rings. The molecule has 0 amide bonds. The zero-order valence-electron chi connectivity index (χ0n) is 19.0. The quantitative estimate of drug-likeness (QED) is 0.497. The molecule has 0 aliphatic carbocycles. The second-order valence-corrected chi connectivity index (χ2v) is 9.08. The Morgan fingerprint density at radius 2 is 1.29 bits per heavy atom. The summed E-state index contributed by atoms with van der Waals surface area (Å²) in [6.45, 7) is 10.0. The molecule has 31 heavy (non-hydrogen) atoms. The number of Topliss-reactive ketones (excluding diaryl/α,β-unsaturated/α-hetero) is 2. The second-order valence-electron chi connectivity index (χ2n) is 9.08. The molecule has 3 aromatic carbocycles. The van der Waals surface area contributed by atoms with Crippen molar-refractivity contribution in [1.29, 1.82) is 0 Å². The van der Waals surface area contributed by atoms with Crippen LogP contribution in [0.1, 0.15) is 67.2 Å². The van der Waals surface area contributed by atoms with Crippen molar-refractivity contribution in [2.24, 2.45) is 0 Å². The molecule has 3 rings (SSSR count). The van der Waals surface area contributed by atoms with Gasteiger partial charge in [0, 0.05) is 12.1 Å². The molecule has 0 saturated carbocycles. The van der Waals surface area contributed by atoms with Crippen molar-refractivity contribution in [2.45, 2.75) is 52.1 Å². The zero-order valence-corrected chi connectivity index (χ0v) is 19.0. The summed E-state index contributed by atoms with van der Waals surface area (Å²) in [7, 11) is 0. The average Bonchev–Trinajstić information content (AvgIpc) is 2.74. The molecule has 0 aromatic heterocycles. The summed E-state index contributed by atoms with van der Waals surface area (Å²) in [5, 5.41) is 3.55. The highest BCUT2D eigenvalue weighted by molar-refractivity contribution is 5.96. The van der Waals surface area contributed by atoms with E-state index in [-0.39, 0.29) is 17.0 Å². The third-order valence-electron chi connectivity index (χ3n) is 5.77. The number of hydrogen-bond acceptors (Lipinski definition) is 3. The number of carbonyl (C=O) groups excluding carboxylic acids is 2. The van der Waals surface area contributed by atoms with Crippen LogP contribution in [0.2, 0.25) is 0 Å². The first kappa shape index (κ1) is 22.6. The summed E-state index contributed by atoms with van der Waals surface area (Å²) in [5.41, 5.74) is 3.44. The van der Waals surface area contributed by atoms with Gasteiger partial charge in [0.15, 0.2) is 11.6 Å². The molecular formula is C28H31NO2. The van der Waals surface area contributed by atoms with E-state index in [1.165, 1.54) is 0 Å². The van der Waals surface area contributed by atoms with Crippen molar-refractivity contribution in [3.63, 3.8) is 0 Å². The van der Waals surface area contributed by atoms with Crippen LogP contribution in [0, 0.1) is 0 Å². The maximum atomic E-state index is 13.1. The Morgan fingerprint density at radius 3 is 1.71 bits per heavy atom. The van der Waals surface area contributed by atoms with Gasteiger partial charge in [-0.15, -0.1) is 0 Å². The lowest BCUT2D eigenvalue weighted by atomic mass is 9.79. The highest BCUT2D eigenvalue weighted by Gasteiger charge is 2.38. The lowest BCUT2D eigenvalue weighted by Gasteiger charge is -2.34. The molecule has 3 nitrogen and oxygen atoms in total. The normalized spacial score (nSPS) is 11.9. The van der Waals surface area contributed by atoms with Gasteiger partial charge in [-0.1, -0.05) is 93.6 Å². The molecule has 3 heteroatoms. The smallest absolute Gasteiger partial charge is 0.160 e. The highest BCUT2D eigenvalue weighted by Crippen LogP contribution is 2.32. The van der Waals surface area contributed by atoms with E-state index in [0.717, 1.165) is 27.8 Å². The van der Waals surface area contributed by atoms with Crippen LogP contribution >= 0.6 is 0 Å². The number of nitrogens with one attached hydrogen (secondary N) is 1. The van der Waals surface area contributed by atoms with E-state index in [9.17, 15) is 9.59 Å². The fraction of sp³-hybridized carbons (Fsp3) is 0.286. The van der Waals surface area contributed by atoms with Gasteiger partial charge in [0.2, 0.25) is 0 Å². The Hall–Kier alpha value is -3.04. The van der Waals surface area contributed by atoms with Gasteiger partial charge in [0.1, 0.15) is 5.54 Å². The summed E-state index contributed by atoms with van der Waals surface area (Å²) >= 11 is 0. The molecule has 3 aromatic rings. The second kappa shape index (κ2) is 8.99. The van der Waals surface area contributed by atoms with E-state index in [1.807, 2.05) is 78.9 Å². The van der Waals surface area contributed by atoms with Gasteiger partial charge in [-0.3, -0.25) is 14.9 Å². The molecule has 160 valence electrons. The van der Waals surface area contributed by atoms with E-state index in [4.69, 9.17) is 0 Å². The van der Waals surface area contributed by atoms with Gasteiger partial charge < -0.3 is 0 Å². The largest absolute Gasteiger partial charge is 0.297 e. The third-order valence-corrected chi connectivity index (χ3v) is 5.77. The summed E-state index contributed by atoms with van der Waals surface area (Å²) in [5.74, 6) is 0.0683. The van der Waals surface area contributed by atoms with Gasteiger partial charge in [-0.25, -0.2) is 0 Å². The first-order valence-electron chi connectivity index (χ1n) is 10.7. The standard InChI is InChI=1S/C28H31NO2/c1-20(30)25-18-22(16-17-26(25)27(3,4)5)19-29-28(21(2)31,23-12-8-6-9-13-23)24-14-10-7-11-15-24/h6-18,29H,19H2,1-5H3. The van der Waals surface area contributed by atoms with Crippen molar-refractivity contribution in [1.82, 2.24) is 5.32 Å². The SMILES string of the molecule is CC(=O)c1cc(CNC(C(C)=O)(c2ccccc2)c2ccccc2)ccc1C(C)(C)C. The Bertz CT molecular complexity index is 1020. The van der Waals surface area contributed by atoms with Crippen LogP contribution in [0.4, 0.5) is 0 Å². The summed E-state index contributed by atoms with van der Waals surface area (Å²) < 4.78 is 0. The first-order valence-corrected chi connectivity index (χ1v) is 10.7. The van der Waals surface area contributed by atoms with Gasteiger partial charge in [0.25, 0.3) is 0 Å². The Balaban J connectivity index is 2.05. The number of hydrogen-bond donors (Lipinski definition) is 1. The maximum Gasteiger partial charge on any atom is 0.160 e. The molecule has 0 radical (unpaired) electrons. The number of benzene rings is 3. The van der Waals surface area contributed by atoms with Gasteiger partial charge >= 0.3 is 0 Å². The van der Waals surface area contributed by atoms with Crippen LogP contribution in [-0.2, 0) is 22.3 Å². The molecular weight excluding hydrogens is 382 g/mol. The van der Waals surface area contributed by atoms with Crippen LogP contribution in [0.15, 0.2) is 78.9 Å². The molecule has 0 atom stereocenters. The van der Waals surface area contributed by atoms with Crippen molar-refractivity contribution >= 4 is 11.6 Å². The minimum atomic E-state index is -0.971. The Morgan fingerprint density at radius 1 is 0.774 bits per heavy atom. The number of carbonyl (C=O) groups is 2. The molecule has 0 heterocycles. The molecule has 0 saturated heterocycles. The van der Waals surface area contributed by atoms with E-state index < -0.39 is 5.54 Å². The number of rotatable bonds is 7. The molecule has 0 unspecified atom stereocenters. The van der Waals surface area contributed by atoms with Crippen LogP contribution in [0.25, 0.3) is 0 Å². The van der Waals surface area contributed by atoms with E-state index in [0.29, 0.717) is 6.54 Å². The van der Waals surface area contributed by atoms with Crippen LogP contribution in [0.5, 0.6) is 0 Å². The summed E-state index contributed by atoms with van der Waals surface area (Å²) in [6, 6.07) is 25.6. The fourth-order valence-corrected chi connectivity index (χ4v) is 4.16. The van der Waals surface area contributed by atoms with Gasteiger partial charge in [-0.2, -0.15) is 0 Å². The minimum Gasteiger partial charge on any atom is -0.297 e. The molecule has 0 fully saturated rings. The van der Waals surface area contributed by atoms with E-state index >= 15 is 0 Å². The Kier molecular flexibility index (Phi) is 6.56. The molecule has 0 bridgehead atoms. The average molecular weight is 414 g/mol. The van der Waals surface area contributed by atoms with Crippen LogP contribution in [0.3, 0.4) is 0 Å². The van der Waals surface area contributed by atoms with Gasteiger partial charge in [0.05, 0.1) is 0 Å². The first-order chi connectivity index (χ1) is 14.7. The monoisotopic (exact) mass is 413 g/mol. The van der Waals surface area contributed by atoms with Gasteiger partial charge in [-0.05, 0) is 47.6 Å².